The molecular weight excluding hydrogens is 351 g/mol. The summed E-state index contributed by atoms with van der Waals surface area (Å²) in [5.74, 6) is -0.775. The molecule has 0 spiro atoms. The normalized spacial score (nSPS) is 18.4. The molecule has 1 aromatic heterocycles. The van der Waals surface area contributed by atoms with Crippen LogP contribution in [0.5, 0.6) is 5.88 Å². The third-order valence-corrected chi connectivity index (χ3v) is 5.25. The molecule has 2 N–H and O–H groups in total. The number of piperazine rings is 1. The second-order valence-corrected chi connectivity index (χ2v) is 6.98. The van der Waals surface area contributed by atoms with E-state index in [0.29, 0.717) is 19.1 Å². The van der Waals surface area contributed by atoms with Crippen LogP contribution in [0.4, 0.5) is 10.1 Å². The van der Waals surface area contributed by atoms with E-state index in [-0.39, 0.29) is 23.2 Å². The second kappa shape index (κ2) is 7.03. The number of hydrogen-bond acceptors (Lipinski definition) is 5. The van der Waals surface area contributed by atoms with Gasteiger partial charge in [0.2, 0.25) is 0 Å². The highest BCUT2D eigenvalue weighted by Gasteiger charge is 2.36. The van der Waals surface area contributed by atoms with Gasteiger partial charge in [-0.2, -0.15) is 0 Å². The number of rotatable bonds is 3. The van der Waals surface area contributed by atoms with Crippen molar-refractivity contribution in [2.75, 3.05) is 44.2 Å². The maximum Gasteiger partial charge on any atom is 0.254 e. The standard InChI is InChI=1S/C19H21FN4O3/c20-14-1-3-15(4-2-14)22-5-7-23(8-6-22)16-11-24(12-16)19(27)13-9-17(25)21-18(26)10-13/h1-4,9-10,16H,5-8,11-12H2,(H2,21,25,26). The van der Waals surface area contributed by atoms with E-state index >= 15 is 0 Å². The number of aromatic amines is 1. The van der Waals surface area contributed by atoms with E-state index in [9.17, 15) is 19.1 Å². The van der Waals surface area contributed by atoms with Gasteiger partial charge >= 0.3 is 0 Å². The molecule has 0 radical (unpaired) electrons. The molecule has 3 heterocycles. The number of hydrogen-bond donors (Lipinski definition) is 2. The van der Waals surface area contributed by atoms with Gasteiger partial charge in [-0.25, -0.2) is 4.39 Å². The van der Waals surface area contributed by atoms with Crippen molar-refractivity contribution in [2.24, 2.45) is 0 Å². The minimum absolute atomic E-state index is 0.204. The molecule has 1 amide bonds. The molecule has 0 saturated carbocycles. The molecule has 1 aromatic carbocycles. The molecule has 0 unspecified atom stereocenters. The molecule has 2 aromatic rings. The van der Waals surface area contributed by atoms with E-state index < -0.39 is 5.56 Å². The van der Waals surface area contributed by atoms with Crippen molar-refractivity contribution in [3.05, 3.63) is 58.1 Å². The Balaban J connectivity index is 1.30. The maximum absolute atomic E-state index is 13.1. The molecule has 2 aliphatic rings. The highest BCUT2D eigenvalue weighted by atomic mass is 19.1. The van der Waals surface area contributed by atoms with E-state index in [1.165, 1.54) is 24.3 Å². The van der Waals surface area contributed by atoms with E-state index in [2.05, 4.69) is 14.8 Å². The summed E-state index contributed by atoms with van der Waals surface area (Å²) in [4.78, 5) is 32.3. The first-order valence-corrected chi connectivity index (χ1v) is 8.97. The lowest BCUT2D eigenvalue weighted by atomic mass is 10.0. The topological polar surface area (TPSA) is 79.9 Å². The molecule has 0 aliphatic carbocycles. The van der Waals surface area contributed by atoms with Crippen LogP contribution in [0.25, 0.3) is 0 Å². The fourth-order valence-corrected chi connectivity index (χ4v) is 3.68. The number of nitrogens with zero attached hydrogens (tertiary/aromatic N) is 3. The summed E-state index contributed by atoms with van der Waals surface area (Å²) in [7, 11) is 0. The van der Waals surface area contributed by atoms with Crippen molar-refractivity contribution in [1.82, 2.24) is 14.8 Å². The number of H-pyrrole nitrogens is 1. The highest BCUT2D eigenvalue weighted by molar-refractivity contribution is 5.95. The Labute approximate surface area is 155 Å². The van der Waals surface area contributed by atoms with Gasteiger partial charge in [0.25, 0.3) is 11.5 Å². The molecule has 0 atom stereocenters. The monoisotopic (exact) mass is 372 g/mol. The van der Waals surface area contributed by atoms with Crippen LogP contribution in [0, 0.1) is 5.82 Å². The van der Waals surface area contributed by atoms with Crippen LogP contribution in [-0.2, 0) is 0 Å². The predicted molar refractivity (Wildman–Crippen MR) is 98.6 cm³/mol. The van der Waals surface area contributed by atoms with E-state index in [1.54, 1.807) is 17.0 Å². The number of aromatic hydroxyl groups is 1. The Morgan fingerprint density at radius 1 is 1.07 bits per heavy atom. The van der Waals surface area contributed by atoms with Crippen LogP contribution in [0.2, 0.25) is 0 Å². The van der Waals surface area contributed by atoms with Crippen LogP contribution in [0.1, 0.15) is 10.4 Å². The number of benzene rings is 1. The fraction of sp³-hybridized carbons (Fsp3) is 0.368. The lowest BCUT2D eigenvalue weighted by molar-refractivity contribution is 0.0246. The molecule has 27 heavy (non-hydrogen) atoms. The zero-order valence-electron chi connectivity index (χ0n) is 14.8. The van der Waals surface area contributed by atoms with Crippen LogP contribution < -0.4 is 10.5 Å². The van der Waals surface area contributed by atoms with Crippen molar-refractivity contribution in [3.8, 4) is 5.88 Å². The lowest BCUT2D eigenvalue weighted by Gasteiger charge is -2.48. The molecular formula is C19H21FN4O3. The Kier molecular flexibility index (Phi) is 4.57. The Hall–Kier alpha value is -2.87. The van der Waals surface area contributed by atoms with Crippen molar-refractivity contribution in [1.29, 1.82) is 0 Å². The molecule has 0 bridgehead atoms. The molecule has 8 heteroatoms. The summed E-state index contributed by atoms with van der Waals surface area (Å²) in [6, 6.07) is 9.33. The maximum atomic E-state index is 13.1. The Bertz CT molecular complexity index is 885. The average Bonchev–Trinajstić information content (AvgIpc) is 2.61. The zero-order chi connectivity index (χ0) is 19.0. The number of amides is 1. The first-order valence-electron chi connectivity index (χ1n) is 8.97. The summed E-state index contributed by atoms with van der Waals surface area (Å²) in [6.07, 6.45) is 0. The number of aromatic nitrogens is 1. The van der Waals surface area contributed by atoms with Crippen molar-refractivity contribution < 1.29 is 14.3 Å². The zero-order valence-corrected chi connectivity index (χ0v) is 14.8. The number of carbonyl (C=O) groups is 1. The molecule has 7 nitrogen and oxygen atoms in total. The summed E-state index contributed by atoms with van der Waals surface area (Å²) < 4.78 is 13.1. The van der Waals surface area contributed by atoms with Crippen LogP contribution in [-0.4, -0.2) is 71.1 Å². The summed E-state index contributed by atoms with van der Waals surface area (Å²) in [6.45, 7) is 4.72. The van der Waals surface area contributed by atoms with Crippen molar-refractivity contribution >= 4 is 11.6 Å². The van der Waals surface area contributed by atoms with Gasteiger partial charge in [-0.15, -0.1) is 0 Å². The summed E-state index contributed by atoms with van der Waals surface area (Å²) in [5.41, 5.74) is 0.735. The van der Waals surface area contributed by atoms with Crippen LogP contribution in [0.15, 0.2) is 41.2 Å². The molecule has 142 valence electrons. The number of likely N-dealkylation sites (tertiary alicyclic amines) is 1. The number of pyridine rings is 1. The molecule has 2 saturated heterocycles. The number of nitrogens with one attached hydrogen (secondary N) is 1. The minimum atomic E-state index is -0.493. The average molecular weight is 372 g/mol. The number of anilines is 1. The molecule has 2 fully saturated rings. The Morgan fingerprint density at radius 3 is 2.37 bits per heavy atom. The van der Waals surface area contributed by atoms with Gasteiger partial charge in [-0.3, -0.25) is 19.5 Å². The van der Waals surface area contributed by atoms with Gasteiger partial charge in [-0.05, 0) is 24.3 Å². The largest absolute Gasteiger partial charge is 0.494 e. The number of halogens is 1. The van der Waals surface area contributed by atoms with Crippen molar-refractivity contribution in [2.45, 2.75) is 6.04 Å². The molecule has 2 aliphatic heterocycles. The minimum Gasteiger partial charge on any atom is -0.494 e. The van der Waals surface area contributed by atoms with Gasteiger partial charge in [0.05, 0.1) is 5.56 Å². The fourth-order valence-electron chi connectivity index (χ4n) is 3.68. The van der Waals surface area contributed by atoms with Gasteiger partial charge in [0, 0.05) is 63.1 Å². The van der Waals surface area contributed by atoms with Gasteiger partial charge in [0.1, 0.15) is 5.82 Å². The highest BCUT2D eigenvalue weighted by Crippen LogP contribution is 2.22. The first kappa shape index (κ1) is 17.5. The van der Waals surface area contributed by atoms with Crippen LogP contribution >= 0.6 is 0 Å². The summed E-state index contributed by atoms with van der Waals surface area (Å²) >= 11 is 0. The van der Waals surface area contributed by atoms with E-state index in [4.69, 9.17) is 0 Å². The first-order chi connectivity index (χ1) is 13.0. The SMILES string of the molecule is O=C(c1cc(O)[nH]c(=O)c1)N1CC(N2CCN(c3ccc(F)cc3)CC2)C1. The van der Waals surface area contributed by atoms with Gasteiger partial charge < -0.3 is 14.9 Å². The second-order valence-electron chi connectivity index (χ2n) is 6.98. The predicted octanol–water partition coefficient (Wildman–Crippen LogP) is 0.866. The van der Waals surface area contributed by atoms with E-state index in [1.807, 2.05) is 0 Å². The van der Waals surface area contributed by atoms with Gasteiger partial charge in [-0.1, -0.05) is 0 Å². The van der Waals surface area contributed by atoms with Crippen molar-refractivity contribution in [3.63, 3.8) is 0 Å². The lowest BCUT2D eigenvalue weighted by Crippen LogP contribution is -2.64. The Morgan fingerprint density at radius 2 is 1.74 bits per heavy atom. The smallest absolute Gasteiger partial charge is 0.254 e. The molecule has 4 rings (SSSR count). The third kappa shape index (κ3) is 3.66. The summed E-state index contributed by atoms with van der Waals surface area (Å²) in [5, 5.41) is 9.45. The number of carbonyl (C=O) groups excluding carboxylic acids is 1. The third-order valence-electron chi connectivity index (χ3n) is 5.25. The van der Waals surface area contributed by atoms with Crippen LogP contribution in [0.3, 0.4) is 0 Å². The van der Waals surface area contributed by atoms with Gasteiger partial charge in [0.15, 0.2) is 5.88 Å². The van der Waals surface area contributed by atoms with E-state index in [0.717, 1.165) is 31.9 Å². The quantitative estimate of drug-likeness (QED) is 0.836.